The molecular formula is C18H27N3O5. The first kappa shape index (κ1) is 20.0. The van der Waals surface area contributed by atoms with Gasteiger partial charge >= 0.3 is 0 Å². The van der Waals surface area contributed by atoms with Crippen LogP contribution in [0.4, 0.5) is 0 Å². The number of amides is 2. The molecule has 0 aromatic heterocycles. The number of aliphatic hydroxyl groups is 1. The van der Waals surface area contributed by atoms with Crippen LogP contribution in [-0.4, -0.2) is 62.9 Å². The first-order chi connectivity index (χ1) is 12.6. The molecule has 0 bridgehead atoms. The fourth-order valence-corrected chi connectivity index (χ4v) is 2.18. The lowest BCUT2D eigenvalue weighted by Gasteiger charge is -2.16. The van der Waals surface area contributed by atoms with E-state index in [1.165, 1.54) is 7.05 Å². The van der Waals surface area contributed by atoms with E-state index in [9.17, 15) is 14.7 Å². The normalized spacial score (nSPS) is 14.4. The number of carbonyl (C=O) groups excluding carboxylic acids is 2. The molecule has 2 rings (SSSR count). The van der Waals surface area contributed by atoms with Crippen molar-refractivity contribution in [2.45, 2.75) is 18.9 Å². The topological polar surface area (TPSA) is 109 Å². The standard InChI is InChI=1S/C18H27N3O5/c1-19-17(23)12-26-16-5-3-2-4-15(16)25-11-14(22)10-20-8-9-21-18(24)13-6-7-13/h2-5,13-14,20,22H,6-12H2,1H3,(H,19,23)(H,21,24). The van der Waals surface area contributed by atoms with Gasteiger partial charge in [-0.15, -0.1) is 0 Å². The number of aliphatic hydroxyl groups excluding tert-OH is 1. The van der Waals surface area contributed by atoms with Gasteiger partial charge in [0.15, 0.2) is 18.1 Å². The van der Waals surface area contributed by atoms with Crippen LogP contribution in [0.2, 0.25) is 0 Å². The zero-order valence-corrected chi connectivity index (χ0v) is 15.0. The third-order valence-electron chi connectivity index (χ3n) is 3.85. The van der Waals surface area contributed by atoms with E-state index in [0.29, 0.717) is 31.1 Å². The summed E-state index contributed by atoms with van der Waals surface area (Å²) in [6.07, 6.45) is 1.27. The van der Waals surface area contributed by atoms with Gasteiger partial charge in [0.05, 0.1) is 0 Å². The van der Waals surface area contributed by atoms with Gasteiger partial charge in [0.2, 0.25) is 5.91 Å². The monoisotopic (exact) mass is 365 g/mol. The Morgan fingerprint density at radius 2 is 1.88 bits per heavy atom. The van der Waals surface area contributed by atoms with Crippen LogP contribution < -0.4 is 25.4 Å². The van der Waals surface area contributed by atoms with E-state index in [-0.39, 0.29) is 30.9 Å². The van der Waals surface area contributed by atoms with Crippen LogP contribution in [0.1, 0.15) is 12.8 Å². The molecule has 1 aliphatic carbocycles. The van der Waals surface area contributed by atoms with Crippen molar-refractivity contribution in [3.63, 3.8) is 0 Å². The maximum absolute atomic E-state index is 11.5. The molecule has 1 aromatic rings. The highest BCUT2D eigenvalue weighted by Crippen LogP contribution is 2.28. The third kappa shape index (κ3) is 7.28. The van der Waals surface area contributed by atoms with Crippen molar-refractivity contribution >= 4 is 11.8 Å². The lowest BCUT2D eigenvalue weighted by molar-refractivity contribution is -0.123. The number of nitrogens with one attached hydrogen (secondary N) is 3. The molecule has 1 unspecified atom stereocenters. The summed E-state index contributed by atoms with van der Waals surface area (Å²) in [6, 6.07) is 6.98. The van der Waals surface area contributed by atoms with Crippen LogP contribution in [0, 0.1) is 5.92 Å². The minimum atomic E-state index is -0.707. The maximum atomic E-state index is 11.5. The molecule has 1 aliphatic rings. The predicted octanol–water partition coefficient (Wildman–Crippen LogP) is -0.333. The van der Waals surface area contributed by atoms with Crippen molar-refractivity contribution in [1.29, 1.82) is 0 Å². The van der Waals surface area contributed by atoms with Crippen LogP contribution in [-0.2, 0) is 9.59 Å². The van der Waals surface area contributed by atoms with E-state index in [1.807, 2.05) is 0 Å². The zero-order chi connectivity index (χ0) is 18.8. The number of rotatable bonds is 12. The van der Waals surface area contributed by atoms with E-state index in [4.69, 9.17) is 9.47 Å². The Kier molecular flexibility index (Phi) is 8.17. The molecule has 0 heterocycles. The molecule has 1 saturated carbocycles. The first-order valence-electron chi connectivity index (χ1n) is 8.82. The third-order valence-corrected chi connectivity index (χ3v) is 3.85. The fraction of sp³-hybridized carbons (Fsp3) is 0.556. The summed E-state index contributed by atoms with van der Waals surface area (Å²) in [5.74, 6) is 0.993. The minimum absolute atomic E-state index is 0.0851. The molecule has 8 nitrogen and oxygen atoms in total. The number of para-hydroxylation sites is 2. The molecule has 0 spiro atoms. The van der Waals surface area contributed by atoms with Crippen molar-refractivity contribution in [3.8, 4) is 11.5 Å². The SMILES string of the molecule is CNC(=O)COc1ccccc1OCC(O)CNCCNC(=O)C1CC1. The van der Waals surface area contributed by atoms with Gasteiger partial charge in [-0.1, -0.05) is 12.1 Å². The Labute approximate surface area is 153 Å². The number of hydrogen-bond acceptors (Lipinski definition) is 6. The molecule has 0 aliphatic heterocycles. The van der Waals surface area contributed by atoms with Crippen molar-refractivity contribution < 1.29 is 24.2 Å². The van der Waals surface area contributed by atoms with Gasteiger partial charge in [-0.25, -0.2) is 0 Å². The Morgan fingerprint density at radius 3 is 2.54 bits per heavy atom. The largest absolute Gasteiger partial charge is 0.487 e. The van der Waals surface area contributed by atoms with E-state index in [0.717, 1.165) is 12.8 Å². The van der Waals surface area contributed by atoms with Crippen LogP contribution >= 0.6 is 0 Å². The summed E-state index contributed by atoms with van der Waals surface area (Å²) < 4.78 is 11.0. The van der Waals surface area contributed by atoms with Crippen LogP contribution in [0.25, 0.3) is 0 Å². The summed E-state index contributed by atoms with van der Waals surface area (Å²) in [5, 5.41) is 18.4. The molecule has 0 saturated heterocycles. The highest BCUT2D eigenvalue weighted by atomic mass is 16.5. The number of benzene rings is 1. The van der Waals surface area contributed by atoms with Gasteiger partial charge in [-0.2, -0.15) is 0 Å². The molecule has 1 aromatic carbocycles. The molecule has 4 N–H and O–H groups in total. The number of carbonyl (C=O) groups is 2. The van der Waals surface area contributed by atoms with Crippen molar-refractivity contribution in [1.82, 2.24) is 16.0 Å². The van der Waals surface area contributed by atoms with E-state index < -0.39 is 6.10 Å². The number of likely N-dealkylation sites (N-methyl/N-ethyl adjacent to an activating group) is 1. The lowest BCUT2D eigenvalue weighted by Crippen LogP contribution is -2.37. The Morgan fingerprint density at radius 1 is 1.19 bits per heavy atom. The molecule has 8 heteroatoms. The number of ether oxygens (including phenoxy) is 2. The second-order valence-corrected chi connectivity index (χ2v) is 6.14. The molecular weight excluding hydrogens is 338 g/mol. The molecule has 26 heavy (non-hydrogen) atoms. The fourth-order valence-electron chi connectivity index (χ4n) is 2.18. The molecule has 2 amide bonds. The molecule has 0 radical (unpaired) electrons. The second-order valence-electron chi connectivity index (χ2n) is 6.14. The van der Waals surface area contributed by atoms with Gasteiger partial charge in [-0.05, 0) is 25.0 Å². The summed E-state index contributed by atoms with van der Waals surface area (Å²) in [5.41, 5.74) is 0. The second kappa shape index (κ2) is 10.6. The van der Waals surface area contributed by atoms with Gasteiger partial charge in [-0.3, -0.25) is 9.59 Å². The molecule has 1 atom stereocenters. The molecule has 1 fully saturated rings. The van der Waals surface area contributed by atoms with Crippen LogP contribution in [0.15, 0.2) is 24.3 Å². The summed E-state index contributed by atoms with van der Waals surface area (Å²) in [6.45, 7) is 1.45. The van der Waals surface area contributed by atoms with Crippen molar-refractivity contribution in [2.75, 3.05) is 39.9 Å². The smallest absolute Gasteiger partial charge is 0.257 e. The van der Waals surface area contributed by atoms with Gasteiger partial charge in [0.25, 0.3) is 5.91 Å². The number of hydrogen-bond donors (Lipinski definition) is 4. The van der Waals surface area contributed by atoms with Gasteiger partial charge < -0.3 is 30.5 Å². The van der Waals surface area contributed by atoms with Crippen LogP contribution in [0.3, 0.4) is 0 Å². The zero-order valence-electron chi connectivity index (χ0n) is 15.0. The van der Waals surface area contributed by atoms with Gasteiger partial charge in [0.1, 0.15) is 12.7 Å². The highest BCUT2D eigenvalue weighted by Gasteiger charge is 2.28. The predicted molar refractivity (Wildman–Crippen MR) is 96.1 cm³/mol. The highest BCUT2D eigenvalue weighted by molar-refractivity contribution is 5.80. The quantitative estimate of drug-likeness (QED) is 0.378. The average molecular weight is 365 g/mol. The summed E-state index contributed by atoms with van der Waals surface area (Å²) in [4.78, 5) is 22.7. The maximum Gasteiger partial charge on any atom is 0.257 e. The van der Waals surface area contributed by atoms with Gasteiger partial charge in [0, 0.05) is 32.6 Å². The summed E-state index contributed by atoms with van der Waals surface area (Å²) in [7, 11) is 1.54. The van der Waals surface area contributed by atoms with E-state index in [2.05, 4.69) is 16.0 Å². The van der Waals surface area contributed by atoms with Crippen molar-refractivity contribution in [3.05, 3.63) is 24.3 Å². The summed E-state index contributed by atoms with van der Waals surface area (Å²) >= 11 is 0. The van der Waals surface area contributed by atoms with Crippen molar-refractivity contribution in [2.24, 2.45) is 5.92 Å². The molecule has 144 valence electrons. The lowest BCUT2D eigenvalue weighted by atomic mass is 10.3. The average Bonchev–Trinajstić information content (AvgIpc) is 3.49. The van der Waals surface area contributed by atoms with Crippen LogP contribution in [0.5, 0.6) is 11.5 Å². The Balaban J connectivity index is 1.62. The Hall–Kier alpha value is -2.32. The Bertz CT molecular complexity index is 592. The van der Waals surface area contributed by atoms with E-state index >= 15 is 0 Å². The minimum Gasteiger partial charge on any atom is -0.487 e. The van der Waals surface area contributed by atoms with E-state index in [1.54, 1.807) is 24.3 Å². The first-order valence-corrected chi connectivity index (χ1v) is 8.82.